The average Bonchev–Trinajstić information content (AvgIpc) is 3.09. The van der Waals surface area contributed by atoms with Crippen molar-refractivity contribution in [3.63, 3.8) is 0 Å². The van der Waals surface area contributed by atoms with Gasteiger partial charge in [-0.1, -0.05) is 0 Å². The van der Waals surface area contributed by atoms with Crippen LogP contribution in [0.5, 0.6) is 0 Å². The summed E-state index contributed by atoms with van der Waals surface area (Å²) >= 11 is 0. The summed E-state index contributed by atoms with van der Waals surface area (Å²) in [5, 5.41) is 9.20. The molecule has 1 aliphatic rings. The van der Waals surface area contributed by atoms with Gasteiger partial charge in [-0.25, -0.2) is 9.37 Å². The number of carbonyl (C=O) groups excluding carboxylic acids is 1. The number of hydrogen-bond acceptors (Lipinski definition) is 5. The van der Waals surface area contributed by atoms with E-state index in [1.54, 1.807) is 23.2 Å². The summed E-state index contributed by atoms with van der Waals surface area (Å²) in [5.74, 6) is 0.681. The highest BCUT2D eigenvalue weighted by Gasteiger charge is 2.29. The lowest BCUT2D eigenvalue weighted by atomic mass is 10.1. The lowest BCUT2D eigenvalue weighted by Gasteiger charge is -2.37. The van der Waals surface area contributed by atoms with Crippen LogP contribution in [0.4, 0.5) is 4.39 Å². The first kappa shape index (κ1) is 17.6. The monoisotopic (exact) mass is 348 g/mol. The third-order valence-corrected chi connectivity index (χ3v) is 4.26. The van der Waals surface area contributed by atoms with Gasteiger partial charge in [0.15, 0.2) is 11.7 Å². The predicted octanol–water partition coefficient (Wildman–Crippen LogP) is 2.02. The lowest BCUT2D eigenvalue weighted by Crippen LogP contribution is -2.52. The number of rotatable bonds is 5. The number of hydrogen-bond donors (Lipinski definition) is 1. The van der Waals surface area contributed by atoms with Crippen molar-refractivity contribution in [2.24, 2.45) is 0 Å². The lowest BCUT2D eigenvalue weighted by molar-refractivity contribution is -0.146. The van der Waals surface area contributed by atoms with Gasteiger partial charge in [-0.2, -0.15) is 0 Å². The number of aryl methyl sites for hydroxylation is 1. The number of ether oxygens (including phenoxy) is 1. The maximum absolute atomic E-state index is 13.0. The molecule has 7 heteroatoms. The van der Waals surface area contributed by atoms with Gasteiger partial charge in [0.1, 0.15) is 5.82 Å². The zero-order chi connectivity index (χ0) is 17.8. The van der Waals surface area contributed by atoms with Gasteiger partial charge in [-0.15, -0.1) is 0 Å². The fourth-order valence-corrected chi connectivity index (χ4v) is 2.81. The first-order valence-corrected chi connectivity index (χ1v) is 8.29. The Balaban J connectivity index is 1.58. The number of aliphatic hydroxyl groups is 1. The minimum Gasteiger partial charge on any atom is -0.441 e. The molecule has 0 aliphatic carbocycles. The summed E-state index contributed by atoms with van der Waals surface area (Å²) in [6.07, 6.45) is 1.90. The second-order valence-corrected chi connectivity index (χ2v) is 6.16. The SMILES string of the molecule is CC1COC(CO)CN1C(=O)CCc1ncc(-c2ccc(F)cc2)o1. The van der Waals surface area contributed by atoms with Gasteiger partial charge >= 0.3 is 0 Å². The summed E-state index contributed by atoms with van der Waals surface area (Å²) in [7, 11) is 0. The van der Waals surface area contributed by atoms with Crippen molar-refractivity contribution < 1.29 is 23.4 Å². The molecule has 2 heterocycles. The Morgan fingerprint density at radius 3 is 2.88 bits per heavy atom. The van der Waals surface area contributed by atoms with E-state index in [4.69, 9.17) is 9.15 Å². The van der Waals surface area contributed by atoms with Crippen LogP contribution in [0, 0.1) is 5.82 Å². The van der Waals surface area contributed by atoms with E-state index in [0.29, 0.717) is 31.2 Å². The van der Waals surface area contributed by atoms with Gasteiger partial charge in [0.05, 0.1) is 31.6 Å². The highest BCUT2D eigenvalue weighted by Crippen LogP contribution is 2.21. The third-order valence-electron chi connectivity index (χ3n) is 4.26. The molecule has 2 aromatic rings. The highest BCUT2D eigenvalue weighted by molar-refractivity contribution is 5.76. The normalized spacial score (nSPS) is 20.7. The molecule has 1 aromatic carbocycles. The number of nitrogens with zero attached hydrogens (tertiary/aromatic N) is 2. The zero-order valence-electron chi connectivity index (χ0n) is 14.0. The second kappa shape index (κ2) is 7.76. The summed E-state index contributed by atoms with van der Waals surface area (Å²) in [5.41, 5.74) is 0.735. The molecule has 25 heavy (non-hydrogen) atoms. The van der Waals surface area contributed by atoms with Crippen LogP contribution in [-0.4, -0.2) is 52.8 Å². The first-order chi connectivity index (χ1) is 12.1. The van der Waals surface area contributed by atoms with Gasteiger partial charge in [0.25, 0.3) is 0 Å². The Morgan fingerprint density at radius 2 is 2.16 bits per heavy atom. The summed E-state index contributed by atoms with van der Waals surface area (Å²) in [4.78, 5) is 18.4. The molecule has 2 unspecified atom stereocenters. The fraction of sp³-hybridized carbons (Fsp3) is 0.444. The number of aromatic nitrogens is 1. The quantitative estimate of drug-likeness (QED) is 0.895. The van der Waals surface area contributed by atoms with Crippen molar-refractivity contribution in [2.75, 3.05) is 19.8 Å². The van der Waals surface area contributed by atoms with E-state index in [2.05, 4.69) is 4.98 Å². The van der Waals surface area contributed by atoms with E-state index in [9.17, 15) is 14.3 Å². The van der Waals surface area contributed by atoms with E-state index in [0.717, 1.165) is 5.56 Å². The van der Waals surface area contributed by atoms with E-state index >= 15 is 0 Å². The molecular weight excluding hydrogens is 327 g/mol. The molecule has 134 valence electrons. The van der Waals surface area contributed by atoms with Crippen LogP contribution in [0.1, 0.15) is 19.2 Å². The molecule has 0 radical (unpaired) electrons. The van der Waals surface area contributed by atoms with Crippen molar-refractivity contribution in [3.8, 4) is 11.3 Å². The Kier molecular flexibility index (Phi) is 5.45. The maximum Gasteiger partial charge on any atom is 0.223 e. The smallest absolute Gasteiger partial charge is 0.223 e. The maximum atomic E-state index is 13.0. The fourth-order valence-electron chi connectivity index (χ4n) is 2.81. The van der Waals surface area contributed by atoms with Crippen LogP contribution in [-0.2, 0) is 16.0 Å². The van der Waals surface area contributed by atoms with E-state index in [1.165, 1.54) is 12.1 Å². The molecule has 1 saturated heterocycles. The molecule has 2 atom stereocenters. The van der Waals surface area contributed by atoms with Gasteiger partial charge in [0, 0.05) is 24.9 Å². The molecule has 1 aromatic heterocycles. The number of morpholine rings is 1. The molecule has 1 N–H and O–H groups in total. The number of halogens is 1. The Morgan fingerprint density at radius 1 is 1.40 bits per heavy atom. The standard InChI is InChI=1S/C18H21FN2O4/c1-12-11-24-15(10-22)9-21(12)18(23)7-6-17-20-8-16(25-17)13-2-4-14(19)5-3-13/h2-5,8,12,15,22H,6-7,9-11H2,1H3. The first-order valence-electron chi connectivity index (χ1n) is 8.29. The van der Waals surface area contributed by atoms with Crippen molar-refractivity contribution in [1.82, 2.24) is 9.88 Å². The highest BCUT2D eigenvalue weighted by atomic mass is 19.1. The summed E-state index contributed by atoms with van der Waals surface area (Å²) in [6.45, 7) is 2.63. The van der Waals surface area contributed by atoms with Crippen molar-refractivity contribution in [2.45, 2.75) is 31.9 Å². The summed E-state index contributed by atoms with van der Waals surface area (Å²) < 4.78 is 24.1. The Labute approximate surface area is 145 Å². The van der Waals surface area contributed by atoms with E-state index in [-0.39, 0.29) is 36.9 Å². The van der Waals surface area contributed by atoms with Gasteiger partial charge in [0.2, 0.25) is 5.91 Å². The van der Waals surface area contributed by atoms with Crippen LogP contribution < -0.4 is 0 Å². The topological polar surface area (TPSA) is 75.8 Å². The van der Waals surface area contributed by atoms with E-state index in [1.807, 2.05) is 6.92 Å². The van der Waals surface area contributed by atoms with Crippen LogP contribution >= 0.6 is 0 Å². The molecular formula is C18H21FN2O4. The molecule has 1 fully saturated rings. The van der Waals surface area contributed by atoms with Crippen LogP contribution in [0.3, 0.4) is 0 Å². The molecule has 3 rings (SSSR count). The number of benzene rings is 1. The van der Waals surface area contributed by atoms with Crippen molar-refractivity contribution in [3.05, 3.63) is 42.2 Å². The molecule has 0 bridgehead atoms. The number of oxazole rings is 1. The van der Waals surface area contributed by atoms with E-state index < -0.39 is 0 Å². The number of aliphatic hydroxyl groups excluding tert-OH is 1. The minimum atomic E-state index is -0.327. The average molecular weight is 348 g/mol. The van der Waals surface area contributed by atoms with Crippen molar-refractivity contribution in [1.29, 1.82) is 0 Å². The zero-order valence-corrected chi connectivity index (χ0v) is 14.0. The number of amides is 1. The second-order valence-electron chi connectivity index (χ2n) is 6.16. The van der Waals surface area contributed by atoms with Crippen LogP contribution in [0.15, 0.2) is 34.9 Å². The predicted molar refractivity (Wildman–Crippen MR) is 88.2 cm³/mol. The molecule has 1 amide bonds. The molecule has 1 aliphatic heterocycles. The van der Waals surface area contributed by atoms with Gasteiger partial charge in [-0.3, -0.25) is 4.79 Å². The third kappa shape index (κ3) is 4.24. The largest absolute Gasteiger partial charge is 0.441 e. The Bertz CT molecular complexity index is 716. The van der Waals surface area contributed by atoms with Crippen LogP contribution in [0.25, 0.3) is 11.3 Å². The van der Waals surface area contributed by atoms with Gasteiger partial charge in [-0.05, 0) is 31.2 Å². The minimum absolute atomic E-state index is 0.0178. The molecule has 6 nitrogen and oxygen atoms in total. The Hall–Kier alpha value is -2.25. The molecule has 0 saturated carbocycles. The molecule has 0 spiro atoms. The van der Waals surface area contributed by atoms with Gasteiger partial charge < -0.3 is 19.2 Å². The number of carbonyl (C=O) groups is 1. The summed E-state index contributed by atoms with van der Waals surface area (Å²) in [6, 6.07) is 5.94. The van der Waals surface area contributed by atoms with Crippen LogP contribution in [0.2, 0.25) is 0 Å². The van der Waals surface area contributed by atoms with Crippen molar-refractivity contribution >= 4 is 5.91 Å².